The fourth-order valence-electron chi connectivity index (χ4n) is 2.20. The van der Waals surface area contributed by atoms with Crippen LogP contribution in [0.25, 0.3) is 10.9 Å². The maximum absolute atomic E-state index is 12.4. The quantitative estimate of drug-likeness (QED) is 0.440. The van der Waals surface area contributed by atoms with Gasteiger partial charge in [0.05, 0.1) is 0 Å². The van der Waals surface area contributed by atoms with Gasteiger partial charge in [-0.2, -0.15) is 21.6 Å². The summed E-state index contributed by atoms with van der Waals surface area (Å²) in [4.78, 5) is 0. The first-order valence-electron chi connectivity index (χ1n) is 7.29. The van der Waals surface area contributed by atoms with E-state index < -0.39 is 23.9 Å². The number of benzene rings is 1. The molecule has 0 unspecified atom stereocenters. The number of halogens is 3. The highest BCUT2D eigenvalue weighted by Crippen LogP contribution is 2.39. The van der Waals surface area contributed by atoms with Crippen LogP contribution in [0.2, 0.25) is 18.1 Å². The maximum Gasteiger partial charge on any atom is 0.534 e. The Morgan fingerprint density at radius 3 is 2.17 bits per heavy atom. The van der Waals surface area contributed by atoms with E-state index in [4.69, 9.17) is 0 Å². The van der Waals surface area contributed by atoms with E-state index >= 15 is 0 Å². The minimum atomic E-state index is -5.66. The number of nitrogens with zero attached hydrogens (tertiary/aromatic N) is 1. The summed E-state index contributed by atoms with van der Waals surface area (Å²) >= 11 is 0. The molecule has 0 bridgehead atoms. The summed E-state index contributed by atoms with van der Waals surface area (Å²) in [6.07, 6.45) is 1.89. The topological polar surface area (TPSA) is 48.3 Å². The Balaban J connectivity index is 2.47. The molecule has 0 spiro atoms. The molecule has 24 heavy (non-hydrogen) atoms. The fourth-order valence-corrected chi connectivity index (χ4v) is 4.62. The van der Waals surface area contributed by atoms with Gasteiger partial charge in [-0.3, -0.25) is 0 Å². The first kappa shape index (κ1) is 18.8. The second-order valence-corrected chi connectivity index (χ2v) is 13.8. The van der Waals surface area contributed by atoms with Crippen molar-refractivity contribution >= 4 is 29.3 Å². The highest BCUT2D eigenvalue weighted by atomic mass is 32.2. The van der Waals surface area contributed by atoms with E-state index in [1.807, 2.05) is 6.20 Å². The van der Waals surface area contributed by atoms with Gasteiger partial charge in [0, 0.05) is 10.9 Å². The third kappa shape index (κ3) is 3.19. The van der Waals surface area contributed by atoms with Gasteiger partial charge in [0.1, 0.15) is 5.75 Å². The lowest BCUT2D eigenvalue weighted by Crippen LogP contribution is -2.44. The van der Waals surface area contributed by atoms with Crippen LogP contribution in [-0.4, -0.2) is 26.4 Å². The monoisotopic (exact) mass is 379 g/mol. The molecule has 9 heteroatoms. The molecule has 0 saturated heterocycles. The molecule has 0 saturated carbocycles. The van der Waals surface area contributed by atoms with Gasteiger partial charge < -0.3 is 8.42 Å². The minimum absolute atomic E-state index is 0.0632. The molecule has 0 aliphatic rings. The van der Waals surface area contributed by atoms with Crippen molar-refractivity contribution in [3.63, 3.8) is 0 Å². The first-order chi connectivity index (χ1) is 10.7. The van der Waals surface area contributed by atoms with Gasteiger partial charge in [-0.15, -0.1) is 0 Å². The summed E-state index contributed by atoms with van der Waals surface area (Å²) in [6, 6.07) is 5.90. The van der Waals surface area contributed by atoms with E-state index in [1.54, 1.807) is 12.1 Å². The normalized spacial score (nSPS) is 14.2. The average molecular weight is 379 g/mol. The number of aromatic nitrogens is 1. The Bertz CT molecular complexity index is 864. The lowest BCUT2D eigenvalue weighted by Gasteiger charge is -2.38. The lowest BCUT2D eigenvalue weighted by atomic mass is 10.2. The van der Waals surface area contributed by atoms with Crippen LogP contribution in [0, 0.1) is 0 Å². The Morgan fingerprint density at radius 1 is 1.08 bits per heavy atom. The van der Waals surface area contributed by atoms with Crippen LogP contribution in [0.15, 0.2) is 30.5 Å². The minimum Gasteiger partial charge on any atom is -0.376 e. The van der Waals surface area contributed by atoms with Gasteiger partial charge in [-0.25, -0.2) is 0 Å². The van der Waals surface area contributed by atoms with Gasteiger partial charge in [0.15, 0.2) is 8.24 Å². The summed E-state index contributed by atoms with van der Waals surface area (Å²) in [7, 11) is -7.57. The third-order valence-corrected chi connectivity index (χ3v) is 10.8. The molecule has 0 amide bonds. The molecule has 0 radical (unpaired) electrons. The Hall–Kier alpha value is -1.48. The standard InChI is InChI=1S/C15H20F3NO3SSi/c1-14(2,3)24(4,5)19-9-8-11-10-12(6-7-13(11)19)22-23(20,21)15(16,17)18/h6-10H,1-5H3. The molecule has 0 atom stereocenters. The highest BCUT2D eigenvalue weighted by molar-refractivity contribution is 7.88. The largest absolute Gasteiger partial charge is 0.534 e. The third-order valence-electron chi connectivity index (χ3n) is 4.59. The predicted molar refractivity (Wildman–Crippen MR) is 90.1 cm³/mol. The Labute approximate surface area is 140 Å². The zero-order valence-corrected chi connectivity index (χ0v) is 15.9. The molecule has 4 nitrogen and oxygen atoms in total. The molecule has 0 N–H and O–H groups in total. The van der Waals surface area contributed by atoms with Gasteiger partial charge >= 0.3 is 15.6 Å². The molecule has 2 rings (SSSR count). The number of fused-ring (bicyclic) bond motifs is 1. The number of hydrogen-bond acceptors (Lipinski definition) is 3. The zero-order chi connectivity index (χ0) is 18.6. The van der Waals surface area contributed by atoms with Crippen LogP contribution in [0.1, 0.15) is 20.8 Å². The van der Waals surface area contributed by atoms with Crippen molar-refractivity contribution in [1.29, 1.82) is 0 Å². The van der Waals surface area contributed by atoms with Crippen molar-refractivity contribution in [1.82, 2.24) is 4.23 Å². The van der Waals surface area contributed by atoms with Crippen LogP contribution >= 0.6 is 0 Å². The molecule has 1 aromatic carbocycles. The average Bonchev–Trinajstić information content (AvgIpc) is 2.78. The SMILES string of the molecule is CC(C)(C)[Si](C)(C)n1ccc2cc(OS(=O)(=O)C(F)(F)F)ccc21. The van der Waals surface area contributed by atoms with E-state index in [-0.39, 0.29) is 10.8 Å². The van der Waals surface area contributed by atoms with Gasteiger partial charge in [0.2, 0.25) is 0 Å². The van der Waals surface area contributed by atoms with Crippen LogP contribution in [0.3, 0.4) is 0 Å². The fraction of sp³-hybridized carbons (Fsp3) is 0.467. The second kappa shape index (κ2) is 5.52. The summed E-state index contributed by atoms with van der Waals surface area (Å²) in [6.45, 7) is 10.9. The van der Waals surface area contributed by atoms with E-state index in [0.29, 0.717) is 5.39 Å². The molecule has 1 aromatic heterocycles. The molecule has 1 heterocycles. The van der Waals surface area contributed by atoms with E-state index in [1.165, 1.54) is 12.1 Å². The summed E-state index contributed by atoms with van der Waals surface area (Å²) < 4.78 is 65.8. The lowest BCUT2D eigenvalue weighted by molar-refractivity contribution is -0.0500. The van der Waals surface area contributed by atoms with Crippen molar-refractivity contribution in [3.05, 3.63) is 30.5 Å². The summed E-state index contributed by atoms with van der Waals surface area (Å²) in [5.41, 5.74) is -4.60. The molecular formula is C15H20F3NO3SSi. The van der Waals surface area contributed by atoms with Gasteiger partial charge in [0.25, 0.3) is 0 Å². The molecular weight excluding hydrogens is 359 g/mol. The zero-order valence-electron chi connectivity index (χ0n) is 14.1. The smallest absolute Gasteiger partial charge is 0.376 e. The molecule has 0 fully saturated rings. The molecule has 2 aromatic rings. The van der Waals surface area contributed by atoms with Crippen LogP contribution in [0.5, 0.6) is 5.75 Å². The van der Waals surface area contributed by atoms with Crippen LogP contribution in [0.4, 0.5) is 13.2 Å². The van der Waals surface area contributed by atoms with Crippen molar-refractivity contribution < 1.29 is 25.8 Å². The number of rotatable bonds is 3. The maximum atomic E-state index is 12.4. The van der Waals surface area contributed by atoms with Gasteiger partial charge in [-0.05, 0) is 35.5 Å². The number of hydrogen-bond donors (Lipinski definition) is 0. The Kier molecular flexibility index (Phi) is 4.33. The summed E-state index contributed by atoms with van der Waals surface area (Å²) in [5, 5.41) is 0.697. The molecule has 0 aliphatic carbocycles. The van der Waals surface area contributed by atoms with Crippen molar-refractivity contribution in [3.8, 4) is 5.75 Å². The Morgan fingerprint density at radius 2 is 1.67 bits per heavy atom. The van der Waals surface area contributed by atoms with E-state index in [2.05, 4.69) is 42.3 Å². The number of alkyl halides is 3. The van der Waals surface area contributed by atoms with Crippen LogP contribution in [-0.2, 0) is 10.1 Å². The van der Waals surface area contributed by atoms with Crippen molar-refractivity contribution in [2.45, 2.75) is 44.4 Å². The van der Waals surface area contributed by atoms with Crippen LogP contribution < -0.4 is 4.18 Å². The predicted octanol–water partition coefficient (Wildman–Crippen LogP) is 4.72. The van der Waals surface area contributed by atoms with Crippen molar-refractivity contribution in [2.24, 2.45) is 0 Å². The second-order valence-electron chi connectivity index (χ2n) is 7.20. The van der Waals surface area contributed by atoms with E-state index in [0.717, 1.165) is 5.52 Å². The highest BCUT2D eigenvalue weighted by Gasteiger charge is 2.48. The molecule has 134 valence electrons. The summed E-state index contributed by atoms with van der Waals surface area (Å²) in [5.74, 6) is -0.354. The molecule has 0 aliphatic heterocycles. The van der Waals surface area contributed by atoms with Gasteiger partial charge in [-0.1, -0.05) is 33.9 Å². The van der Waals surface area contributed by atoms with Crippen molar-refractivity contribution in [2.75, 3.05) is 0 Å². The van der Waals surface area contributed by atoms with E-state index in [9.17, 15) is 21.6 Å². The first-order valence-corrected chi connectivity index (χ1v) is 11.6.